The fourth-order valence-corrected chi connectivity index (χ4v) is 3.49. The molecule has 4 N–H and O–H groups in total. The van der Waals surface area contributed by atoms with Crippen molar-refractivity contribution in [3.05, 3.63) is 84.0 Å². The summed E-state index contributed by atoms with van der Waals surface area (Å²) in [6, 6.07) is 14.2. The van der Waals surface area contributed by atoms with Crippen LogP contribution in [0.2, 0.25) is 0 Å². The maximum atomic E-state index is 11.2. The third-order valence-corrected chi connectivity index (χ3v) is 5.19. The summed E-state index contributed by atoms with van der Waals surface area (Å²) in [5.41, 5.74) is 0.721. The van der Waals surface area contributed by atoms with Gasteiger partial charge in [-0.05, 0) is 35.4 Å². The Kier molecular flexibility index (Phi) is 9.65. The molecule has 8 heteroatoms. The highest BCUT2D eigenvalue weighted by atomic mass is 16.5. The number of carboxylic acids is 2. The number of hydrogen-bond acceptors (Lipinski definition) is 6. The first-order valence-electron chi connectivity index (χ1n) is 10.3. The number of carbonyl (C=O) groups is 2. The summed E-state index contributed by atoms with van der Waals surface area (Å²) in [6.07, 6.45) is 4.89. The SMILES string of the molecule is CC(c1ccc(OCCO)cc1)(c1ccc(OCCO)cc1)C(C=CC(=O)O)C=CC(=O)O. The first-order chi connectivity index (χ1) is 15.8. The van der Waals surface area contributed by atoms with Gasteiger partial charge in [-0.1, -0.05) is 43.3 Å². The number of carboxylic acid groups (broad SMARTS) is 2. The van der Waals surface area contributed by atoms with Gasteiger partial charge in [0.05, 0.1) is 13.2 Å². The lowest BCUT2D eigenvalue weighted by Crippen LogP contribution is -2.32. The first kappa shape index (κ1) is 25.6. The van der Waals surface area contributed by atoms with Crippen molar-refractivity contribution in [2.24, 2.45) is 5.92 Å². The third-order valence-electron chi connectivity index (χ3n) is 5.19. The van der Waals surface area contributed by atoms with E-state index < -0.39 is 23.3 Å². The van der Waals surface area contributed by atoms with Gasteiger partial charge in [0.1, 0.15) is 24.7 Å². The normalized spacial score (nSPS) is 12.7. The molecule has 0 radical (unpaired) electrons. The maximum Gasteiger partial charge on any atom is 0.327 e. The minimum absolute atomic E-state index is 0.119. The Bertz CT molecular complexity index is 885. The lowest BCUT2D eigenvalue weighted by Gasteiger charge is -2.36. The first-order valence-corrected chi connectivity index (χ1v) is 10.3. The van der Waals surface area contributed by atoms with E-state index in [9.17, 15) is 19.8 Å². The summed E-state index contributed by atoms with van der Waals surface area (Å²) in [6.45, 7) is 1.95. The van der Waals surface area contributed by atoms with E-state index in [1.54, 1.807) is 24.3 Å². The molecule has 0 saturated carbocycles. The largest absolute Gasteiger partial charge is 0.491 e. The maximum absolute atomic E-state index is 11.2. The van der Waals surface area contributed by atoms with Gasteiger partial charge in [0.15, 0.2) is 0 Å². The minimum atomic E-state index is -1.15. The zero-order chi connectivity index (χ0) is 24.3. The van der Waals surface area contributed by atoms with Gasteiger partial charge in [0.25, 0.3) is 0 Å². The standard InChI is InChI=1S/C25H28O8/c1-25(18-2-8-21(9-3-18)32-16-14-26,19-4-10-22(11-5-19)33-17-15-27)20(6-12-23(28)29)7-13-24(30)31/h2-13,20,26-27H,14-17H2,1H3,(H,28,29)(H,30,31). The molecule has 0 aliphatic carbocycles. The van der Waals surface area contributed by atoms with E-state index in [4.69, 9.17) is 19.7 Å². The smallest absolute Gasteiger partial charge is 0.327 e. The molecule has 0 unspecified atom stereocenters. The Morgan fingerprint density at radius 1 is 0.788 bits per heavy atom. The molecule has 0 bridgehead atoms. The molecule has 0 amide bonds. The van der Waals surface area contributed by atoms with Gasteiger partial charge >= 0.3 is 11.9 Å². The summed E-state index contributed by atoms with van der Waals surface area (Å²) < 4.78 is 10.9. The molecule has 176 valence electrons. The Morgan fingerprint density at radius 3 is 1.45 bits per heavy atom. The van der Waals surface area contributed by atoms with Crippen LogP contribution in [0.4, 0.5) is 0 Å². The highest BCUT2D eigenvalue weighted by Gasteiger charge is 2.35. The summed E-state index contributed by atoms with van der Waals surface area (Å²) in [5, 5.41) is 36.3. The number of rotatable bonds is 13. The van der Waals surface area contributed by atoms with Gasteiger partial charge in [0.2, 0.25) is 0 Å². The zero-order valence-electron chi connectivity index (χ0n) is 18.3. The quantitative estimate of drug-likeness (QED) is 0.338. The molecule has 0 heterocycles. The third kappa shape index (κ3) is 7.20. The molecule has 0 aromatic heterocycles. The number of aliphatic hydroxyl groups is 2. The lowest BCUT2D eigenvalue weighted by atomic mass is 9.67. The van der Waals surface area contributed by atoms with Crippen LogP contribution in [0.1, 0.15) is 18.1 Å². The number of hydrogen-bond donors (Lipinski definition) is 4. The molecule has 8 nitrogen and oxygen atoms in total. The van der Waals surface area contributed by atoms with Crippen LogP contribution >= 0.6 is 0 Å². The average molecular weight is 456 g/mol. The summed E-state index contributed by atoms with van der Waals surface area (Å²) in [5.74, 6) is -1.81. The van der Waals surface area contributed by atoms with Crippen LogP contribution in [0.25, 0.3) is 0 Å². The number of benzene rings is 2. The van der Waals surface area contributed by atoms with Crippen molar-refractivity contribution in [2.75, 3.05) is 26.4 Å². The second kappa shape index (κ2) is 12.4. The molecule has 2 rings (SSSR count). The summed E-state index contributed by atoms with van der Waals surface area (Å²) in [4.78, 5) is 22.5. The number of ether oxygens (including phenoxy) is 2. The Balaban J connectivity index is 2.59. The van der Waals surface area contributed by atoms with Crippen molar-refractivity contribution in [3.63, 3.8) is 0 Å². The fraction of sp³-hybridized carbons (Fsp3) is 0.280. The second-order valence-corrected chi connectivity index (χ2v) is 7.32. The molecule has 0 atom stereocenters. The van der Waals surface area contributed by atoms with Crippen LogP contribution in [0, 0.1) is 5.92 Å². The average Bonchev–Trinajstić information content (AvgIpc) is 2.81. The van der Waals surface area contributed by atoms with E-state index in [-0.39, 0.29) is 26.4 Å². The summed E-state index contributed by atoms with van der Waals surface area (Å²) >= 11 is 0. The molecule has 2 aromatic carbocycles. The van der Waals surface area contributed by atoms with Gasteiger partial charge in [-0.3, -0.25) is 0 Å². The van der Waals surface area contributed by atoms with Crippen LogP contribution in [0.3, 0.4) is 0 Å². The molecular formula is C25H28O8. The van der Waals surface area contributed by atoms with Crippen LogP contribution in [0.15, 0.2) is 72.8 Å². The Morgan fingerprint density at radius 2 is 1.15 bits per heavy atom. The number of allylic oxidation sites excluding steroid dienone is 2. The molecular weight excluding hydrogens is 428 g/mol. The van der Waals surface area contributed by atoms with Crippen molar-refractivity contribution >= 4 is 11.9 Å². The van der Waals surface area contributed by atoms with E-state index in [2.05, 4.69) is 0 Å². The van der Waals surface area contributed by atoms with Crippen LogP contribution in [0.5, 0.6) is 11.5 Å². The predicted molar refractivity (Wildman–Crippen MR) is 122 cm³/mol. The van der Waals surface area contributed by atoms with Gasteiger partial charge in [0, 0.05) is 23.5 Å². The molecule has 0 aliphatic heterocycles. The van der Waals surface area contributed by atoms with Crippen molar-refractivity contribution in [1.29, 1.82) is 0 Å². The summed E-state index contributed by atoms with van der Waals surface area (Å²) in [7, 11) is 0. The second-order valence-electron chi connectivity index (χ2n) is 7.32. The number of aliphatic carboxylic acids is 2. The highest BCUT2D eigenvalue weighted by Crippen LogP contribution is 2.42. The Labute approximate surface area is 192 Å². The molecule has 2 aromatic rings. The van der Waals surface area contributed by atoms with E-state index in [1.807, 2.05) is 31.2 Å². The van der Waals surface area contributed by atoms with Crippen molar-refractivity contribution in [2.45, 2.75) is 12.3 Å². The fourth-order valence-electron chi connectivity index (χ4n) is 3.49. The number of aliphatic hydroxyl groups excluding tert-OH is 2. The predicted octanol–water partition coefficient (Wildman–Crippen LogP) is 2.63. The molecule has 0 fully saturated rings. The van der Waals surface area contributed by atoms with Gasteiger partial charge < -0.3 is 29.9 Å². The van der Waals surface area contributed by atoms with Gasteiger partial charge in [-0.2, -0.15) is 0 Å². The molecule has 0 saturated heterocycles. The van der Waals surface area contributed by atoms with E-state index >= 15 is 0 Å². The zero-order valence-corrected chi connectivity index (χ0v) is 18.3. The topological polar surface area (TPSA) is 134 Å². The van der Waals surface area contributed by atoms with Gasteiger partial charge in [-0.25, -0.2) is 9.59 Å². The molecule has 33 heavy (non-hydrogen) atoms. The molecule has 0 aliphatic rings. The van der Waals surface area contributed by atoms with E-state index in [0.717, 1.165) is 23.3 Å². The van der Waals surface area contributed by atoms with E-state index in [0.29, 0.717) is 11.5 Å². The van der Waals surface area contributed by atoms with Crippen LogP contribution in [-0.2, 0) is 15.0 Å². The Hall–Kier alpha value is -3.62. The van der Waals surface area contributed by atoms with Crippen molar-refractivity contribution in [1.82, 2.24) is 0 Å². The van der Waals surface area contributed by atoms with Crippen LogP contribution in [-0.4, -0.2) is 58.8 Å². The molecule has 0 spiro atoms. The van der Waals surface area contributed by atoms with Crippen molar-refractivity contribution < 1.29 is 39.5 Å². The monoisotopic (exact) mass is 456 g/mol. The van der Waals surface area contributed by atoms with E-state index in [1.165, 1.54) is 12.2 Å². The lowest BCUT2D eigenvalue weighted by molar-refractivity contribution is -0.132. The van der Waals surface area contributed by atoms with Crippen molar-refractivity contribution in [3.8, 4) is 11.5 Å². The minimum Gasteiger partial charge on any atom is -0.491 e. The van der Waals surface area contributed by atoms with Crippen LogP contribution < -0.4 is 9.47 Å². The highest BCUT2D eigenvalue weighted by molar-refractivity contribution is 5.81. The van der Waals surface area contributed by atoms with Gasteiger partial charge in [-0.15, -0.1) is 0 Å².